The molecule has 4 heteroatoms. The molecule has 1 heterocycles. The van der Waals surface area contributed by atoms with Gasteiger partial charge in [0.25, 0.3) is 0 Å². The first-order valence-corrected chi connectivity index (χ1v) is 5.95. The van der Waals surface area contributed by atoms with E-state index in [0.717, 1.165) is 25.9 Å². The molecule has 1 aromatic carbocycles. The molecule has 1 aliphatic rings. The van der Waals surface area contributed by atoms with Crippen LogP contribution in [0.1, 0.15) is 19.3 Å². The largest absolute Gasteiger partial charge is 0.504 e. The summed E-state index contributed by atoms with van der Waals surface area (Å²) in [7, 11) is 0. The Morgan fingerprint density at radius 1 is 1.35 bits per heavy atom. The topological polar surface area (TPSA) is 58.6 Å². The van der Waals surface area contributed by atoms with Gasteiger partial charge in [-0.15, -0.1) is 0 Å². The molecule has 0 unspecified atom stereocenters. The first-order valence-electron chi connectivity index (χ1n) is 5.95. The summed E-state index contributed by atoms with van der Waals surface area (Å²) in [5.74, 6) is 0.380. The lowest BCUT2D eigenvalue weighted by atomic mass is 9.95. The summed E-state index contributed by atoms with van der Waals surface area (Å²) < 4.78 is 5.14. The van der Waals surface area contributed by atoms with Crippen molar-refractivity contribution in [1.29, 1.82) is 0 Å². The average Bonchev–Trinajstić information content (AvgIpc) is 2.33. The van der Waals surface area contributed by atoms with Gasteiger partial charge in [0, 0.05) is 6.42 Å². The van der Waals surface area contributed by atoms with Gasteiger partial charge >= 0.3 is 5.97 Å². The summed E-state index contributed by atoms with van der Waals surface area (Å²) in [6, 6.07) is 6.52. The molecule has 0 aromatic heterocycles. The van der Waals surface area contributed by atoms with E-state index in [-0.39, 0.29) is 17.5 Å². The lowest BCUT2D eigenvalue weighted by Gasteiger charge is -2.21. The van der Waals surface area contributed by atoms with E-state index in [0.29, 0.717) is 12.3 Å². The second kappa shape index (κ2) is 5.68. The number of aromatic hydroxyl groups is 1. The Morgan fingerprint density at radius 3 is 2.76 bits per heavy atom. The van der Waals surface area contributed by atoms with Gasteiger partial charge in [0.05, 0.1) is 0 Å². The quantitative estimate of drug-likeness (QED) is 0.618. The van der Waals surface area contributed by atoms with Crippen LogP contribution in [-0.2, 0) is 4.79 Å². The molecule has 17 heavy (non-hydrogen) atoms. The molecule has 92 valence electrons. The van der Waals surface area contributed by atoms with Gasteiger partial charge in [-0.05, 0) is 44.0 Å². The van der Waals surface area contributed by atoms with Crippen LogP contribution in [0.5, 0.6) is 11.5 Å². The zero-order chi connectivity index (χ0) is 12.1. The lowest BCUT2D eigenvalue weighted by molar-refractivity contribution is -0.135. The third-order valence-corrected chi connectivity index (χ3v) is 3.00. The second-order valence-electron chi connectivity index (χ2n) is 4.34. The van der Waals surface area contributed by atoms with Crippen molar-refractivity contribution in [3.8, 4) is 11.5 Å². The highest BCUT2D eigenvalue weighted by molar-refractivity contribution is 5.73. The highest BCUT2D eigenvalue weighted by atomic mass is 16.5. The third kappa shape index (κ3) is 3.46. The van der Waals surface area contributed by atoms with Crippen molar-refractivity contribution < 1.29 is 14.6 Å². The summed E-state index contributed by atoms with van der Waals surface area (Å²) in [6.45, 7) is 1.93. The van der Waals surface area contributed by atoms with Crippen molar-refractivity contribution in [3.63, 3.8) is 0 Å². The molecule has 0 aliphatic carbocycles. The molecule has 0 bridgehead atoms. The van der Waals surface area contributed by atoms with Gasteiger partial charge in [0.15, 0.2) is 11.5 Å². The van der Waals surface area contributed by atoms with E-state index in [1.54, 1.807) is 18.2 Å². The van der Waals surface area contributed by atoms with Crippen molar-refractivity contribution >= 4 is 5.97 Å². The van der Waals surface area contributed by atoms with E-state index in [9.17, 15) is 9.90 Å². The van der Waals surface area contributed by atoms with E-state index in [1.165, 1.54) is 6.07 Å². The molecular formula is C13H17NO3. The maximum atomic E-state index is 11.7. The standard InChI is InChI=1S/C13H17NO3/c15-11-3-1-2-4-12(11)17-13(16)9-10-5-7-14-8-6-10/h1-4,10,14-15H,5-9H2. The van der Waals surface area contributed by atoms with Crippen LogP contribution in [0.25, 0.3) is 0 Å². The van der Waals surface area contributed by atoms with Crippen LogP contribution >= 0.6 is 0 Å². The number of phenolic OH excluding ortho intramolecular Hbond substituents is 1. The molecule has 0 saturated carbocycles. The molecule has 1 aromatic rings. The van der Waals surface area contributed by atoms with Gasteiger partial charge in [0.1, 0.15) is 0 Å². The third-order valence-electron chi connectivity index (χ3n) is 3.00. The van der Waals surface area contributed by atoms with E-state index in [4.69, 9.17) is 4.74 Å². The van der Waals surface area contributed by atoms with Crippen LogP contribution in [0.4, 0.5) is 0 Å². The molecule has 4 nitrogen and oxygen atoms in total. The molecule has 1 fully saturated rings. The zero-order valence-corrected chi connectivity index (χ0v) is 9.69. The number of rotatable bonds is 3. The maximum Gasteiger partial charge on any atom is 0.311 e. The molecule has 0 amide bonds. The molecular weight excluding hydrogens is 218 g/mol. The number of carbonyl (C=O) groups is 1. The van der Waals surface area contributed by atoms with Crippen LogP contribution in [-0.4, -0.2) is 24.2 Å². The number of carbonyl (C=O) groups excluding carboxylic acids is 1. The summed E-state index contributed by atoms with van der Waals surface area (Å²) in [6.07, 6.45) is 2.45. The minimum atomic E-state index is -0.265. The minimum Gasteiger partial charge on any atom is -0.504 e. The second-order valence-corrected chi connectivity index (χ2v) is 4.34. The molecule has 2 N–H and O–H groups in total. The Hall–Kier alpha value is -1.55. The zero-order valence-electron chi connectivity index (χ0n) is 9.69. The number of hydrogen-bond acceptors (Lipinski definition) is 4. The number of benzene rings is 1. The number of para-hydroxylation sites is 2. The summed E-state index contributed by atoms with van der Waals surface area (Å²) in [5.41, 5.74) is 0. The Balaban J connectivity index is 1.86. The fourth-order valence-corrected chi connectivity index (χ4v) is 2.03. The van der Waals surface area contributed by atoms with Gasteiger partial charge in [-0.1, -0.05) is 12.1 Å². The highest BCUT2D eigenvalue weighted by Gasteiger charge is 2.18. The monoisotopic (exact) mass is 235 g/mol. The molecule has 0 atom stereocenters. The van der Waals surface area contributed by atoms with Crippen LogP contribution in [0, 0.1) is 5.92 Å². The number of nitrogens with one attached hydrogen (secondary N) is 1. The number of esters is 1. The molecule has 0 radical (unpaired) electrons. The van der Waals surface area contributed by atoms with E-state index in [1.807, 2.05) is 0 Å². The molecule has 1 saturated heterocycles. The van der Waals surface area contributed by atoms with Crippen molar-refractivity contribution in [1.82, 2.24) is 5.32 Å². The van der Waals surface area contributed by atoms with Crippen LogP contribution in [0.15, 0.2) is 24.3 Å². The Labute approximate surface area is 101 Å². The molecule has 1 aliphatic heterocycles. The van der Waals surface area contributed by atoms with E-state index >= 15 is 0 Å². The van der Waals surface area contributed by atoms with Gasteiger partial charge in [-0.2, -0.15) is 0 Å². The average molecular weight is 235 g/mol. The van der Waals surface area contributed by atoms with Gasteiger partial charge in [0.2, 0.25) is 0 Å². The van der Waals surface area contributed by atoms with Crippen molar-refractivity contribution in [2.45, 2.75) is 19.3 Å². The van der Waals surface area contributed by atoms with Gasteiger partial charge in [-0.25, -0.2) is 0 Å². The highest BCUT2D eigenvalue weighted by Crippen LogP contribution is 2.25. The summed E-state index contributed by atoms with van der Waals surface area (Å²) >= 11 is 0. The minimum absolute atomic E-state index is 0.00570. The molecule has 0 spiro atoms. The first kappa shape index (κ1) is 11.9. The predicted molar refractivity (Wildman–Crippen MR) is 64.0 cm³/mol. The van der Waals surface area contributed by atoms with Crippen LogP contribution < -0.4 is 10.1 Å². The predicted octanol–water partition coefficient (Wildman–Crippen LogP) is 1.69. The summed E-state index contributed by atoms with van der Waals surface area (Å²) in [5, 5.41) is 12.7. The fourth-order valence-electron chi connectivity index (χ4n) is 2.03. The van der Waals surface area contributed by atoms with Crippen molar-refractivity contribution in [2.75, 3.05) is 13.1 Å². The number of piperidine rings is 1. The maximum absolute atomic E-state index is 11.7. The number of phenols is 1. The smallest absolute Gasteiger partial charge is 0.311 e. The van der Waals surface area contributed by atoms with Crippen molar-refractivity contribution in [2.24, 2.45) is 5.92 Å². The fraction of sp³-hybridized carbons (Fsp3) is 0.462. The first-order chi connectivity index (χ1) is 8.25. The van der Waals surface area contributed by atoms with E-state index in [2.05, 4.69) is 5.32 Å². The van der Waals surface area contributed by atoms with Crippen LogP contribution in [0.3, 0.4) is 0 Å². The van der Waals surface area contributed by atoms with E-state index < -0.39 is 0 Å². The Kier molecular flexibility index (Phi) is 3.98. The number of hydrogen-bond donors (Lipinski definition) is 2. The van der Waals surface area contributed by atoms with Gasteiger partial charge in [-0.3, -0.25) is 4.79 Å². The Bertz CT molecular complexity index is 386. The lowest BCUT2D eigenvalue weighted by Crippen LogP contribution is -2.29. The number of ether oxygens (including phenoxy) is 1. The van der Waals surface area contributed by atoms with Crippen LogP contribution in [0.2, 0.25) is 0 Å². The SMILES string of the molecule is O=C(CC1CCNCC1)Oc1ccccc1O. The van der Waals surface area contributed by atoms with Crippen molar-refractivity contribution in [3.05, 3.63) is 24.3 Å². The Morgan fingerprint density at radius 2 is 2.06 bits per heavy atom. The van der Waals surface area contributed by atoms with Gasteiger partial charge < -0.3 is 15.2 Å². The summed E-state index contributed by atoms with van der Waals surface area (Å²) in [4.78, 5) is 11.7. The molecule has 2 rings (SSSR count). The normalized spacial score (nSPS) is 16.7.